The molecule has 0 saturated carbocycles. The van der Waals surface area contributed by atoms with Crippen LogP contribution >= 0.6 is 11.3 Å². The number of benzene rings is 1. The molecule has 146 valence electrons. The third-order valence-electron chi connectivity index (χ3n) is 4.59. The largest absolute Gasteiger partial charge is 0.494 e. The Balaban J connectivity index is 1.51. The second kappa shape index (κ2) is 8.86. The van der Waals surface area contributed by atoms with E-state index in [4.69, 9.17) is 4.74 Å². The molecule has 0 aliphatic carbocycles. The highest BCUT2D eigenvalue weighted by Crippen LogP contribution is 2.26. The van der Waals surface area contributed by atoms with E-state index in [9.17, 15) is 13.2 Å². The normalized spacial score (nSPS) is 16.2. The first-order valence-electron chi connectivity index (χ1n) is 9.04. The van der Waals surface area contributed by atoms with Crippen LogP contribution in [0, 0.1) is 5.92 Å². The van der Waals surface area contributed by atoms with Crippen molar-refractivity contribution in [3.8, 4) is 5.75 Å². The fourth-order valence-electron chi connectivity index (χ4n) is 3.14. The van der Waals surface area contributed by atoms with Crippen molar-refractivity contribution in [2.45, 2.75) is 30.5 Å². The fraction of sp³-hybridized carbons (Fsp3) is 0.421. The monoisotopic (exact) mass is 408 g/mol. The molecule has 1 aliphatic rings. The topological polar surface area (TPSA) is 75.7 Å². The lowest BCUT2D eigenvalue weighted by molar-refractivity contribution is -0.126. The van der Waals surface area contributed by atoms with Crippen molar-refractivity contribution in [3.63, 3.8) is 0 Å². The Kier molecular flexibility index (Phi) is 6.51. The highest BCUT2D eigenvalue weighted by atomic mass is 32.2. The number of sulfonamides is 1. The zero-order valence-electron chi connectivity index (χ0n) is 15.3. The van der Waals surface area contributed by atoms with E-state index in [0.717, 1.165) is 11.3 Å². The van der Waals surface area contributed by atoms with Gasteiger partial charge in [-0.15, -0.1) is 11.3 Å². The predicted octanol–water partition coefficient (Wildman–Crippen LogP) is 2.86. The van der Waals surface area contributed by atoms with E-state index in [1.165, 1.54) is 15.6 Å². The summed E-state index contributed by atoms with van der Waals surface area (Å²) >= 11 is 1.22. The molecule has 0 spiro atoms. The summed E-state index contributed by atoms with van der Waals surface area (Å²) in [5, 5.41) is 4.72. The van der Waals surface area contributed by atoms with Crippen LogP contribution in [0.3, 0.4) is 0 Å². The van der Waals surface area contributed by atoms with Crippen molar-refractivity contribution in [1.29, 1.82) is 0 Å². The summed E-state index contributed by atoms with van der Waals surface area (Å²) in [6.45, 7) is 3.71. The van der Waals surface area contributed by atoms with Crippen molar-refractivity contribution in [1.82, 2.24) is 9.62 Å². The molecule has 1 aliphatic heterocycles. The molecule has 27 heavy (non-hydrogen) atoms. The summed E-state index contributed by atoms with van der Waals surface area (Å²) in [6.07, 6.45) is 1.07. The van der Waals surface area contributed by atoms with Crippen LogP contribution < -0.4 is 10.1 Å². The Morgan fingerprint density at radius 1 is 1.26 bits per heavy atom. The highest BCUT2D eigenvalue weighted by molar-refractivity contribution is 7.91. The highest BCUT2D eigenvalue weighted by Gasteiger charge is 2.32. The van der Waals surface area contributed by atoms with Gasteiger partial charge in [0.2, 0.25) is 5.91 Å². The molecule has 8 heteroatoms. The molecule has 1 aromatic heterocycles. The maximum atomic E-state index is 12.5. The number of carbonyl (C=O) groups is 1. The summed E-state index contributed by atoms with van der Waals surface area (Å²) in [5.41, 5.74) is 0.979. The van der Waals surface area contributed by atoms with Crippen LogP contribution in [0.15, 0.2) is 46.0 Å². The van der Waals surface area contributed by atoms with Crippen molar-refractivity contribution in [2.75, 3.05) is 19.7 Å². The maximum absolute atomic E-state index is 12.5. The lowest BCUT2D eigenvalue weighted by atomic mass is 9.97. The van der Waals surface area contributed by atoms with Gasteiger partial charge in [-0.05, 0) is 48.9 Å². The van der Waals surface area contributed by atoms with Gasteiger partial charge in [0.15, 0.2) is 0 Å². The lowest BCUT2D eigenvalue weighted by Crippen LogP contribution is -2.42. The van der Waals surface area contributed by atoms with Gasteiger partial charge in [0, 0.05) is 25.6 Å². The third-order valence-corrected chi connectivity index (χ3v) is 7.86. The number of nitrogens with zero attached hydrogens (tertiary/aromatic N) is 1. The summed E-state index contributed by atoms with van der Waals surface area (Å²) in [7, 11) is -3.43. The van der Waals surface area contributed by atoms with E-state index < -0.39 is 10.0 Å². The molecule has 1 aromatic carbocycles. The minimum Gasteiger partial charge on any atom is -0.494 e. The summed E-state index contributed by atoms with van der Waals surface area (Å²) in [4.78, 5) is 12.5. The van der Waals surface area contributed by atoms with Crippen LogP contribution in [0.1, 0.15) is 25.3 Å². The molecule has 1 fully saturated rings. The van der Waals surface area contributed by atoms with E-state index in [0.29, 0.717) is 43.3 Å². The number of rotatable bonds is 7. The number of hydrogen-bond acceptors (Lipinski definition) is 5. The SMILES string of the molecule is CCOc1cccc(CNC(=O)C2CCN(S(=O)(=O)c3cccs3)CC2)c1. The molecule has 0 atom stereocenters. The Morgan fingerprint density at radius 2 is 2.04 bits per heavy atom. The Bertz CT molecular complexity index is 858. The molecule has 1 amide bonds. The van der Waals surface area contributed by atoms with Crippen LogP contribution in [-0.2, 0) is 21.4 Å². The predicted molar refractivity (Wildman–Crippen MR) is 105 cm³/mol. The van der Waals surface area contributed by atoms with E-state index in [2.05, 4.69) is 5.32 Å². The Labute approximate surface area is 164 Å². The van der Waals surface area contributed by atoms with E-state index in [-0.39, 0.29) is 11.8 Å². The van der Waals surface area contributed by atoms with Gasteiger partial charge in [-0.1, -0.05) is 18.2 Å². The molecule has 2 aromatic rings. The van der Waals surface area contributed by atoms with Gasteiger partial charge >= 0.3 is 0 Å². The number of amides is 1. The van der Waals surface area contributed by atoms with Gasteiger partial charge in [-0.25, -0.2) is 8.42 Å². The van der Waals surface area contributed by atoms with E-state index in [1.54, 1.807) is 17.5 Å². The van der Waals surface area contributed by atoms with E-state index in [1.807, 2.05) is 31.2 Å². The van der Waals surface area contributed by atoms with Crippen LogP contribution in [0.5, 0.6) is 5.75 Å². The standard InChI is InChI=1S/C19H24N2O4S2/c1-2-25-17-6-3-5-15(13-17)14-20-19(22)16-8-10-21(11-9-16)27(23,24)18-7-4-12-26-18/h3-7,12-13,16H,2,8-11,14H2,1H3,(H,20,22). The fourth-order valence-corrected chi connectivity index (χ4v) is 5.76. The minimum absolute atomic E-state index is 0.0232. The van der Waals surface area contributed by atoms with Crippen LogP contribution in [0.4, 0.5) is 0 Å². The molecular weight excluding hydrogens is 384 g/mol. The van der Waals surface area contributed by atoms with Gasteiger partial charge < -0.3 is 10.1 Å². The quantitative estimate of drug-likeness (QED) is 0.764. The average molecular weight is 409 g/mol. The van der Waals surface area contributed by atoms with Crippen molar-refractivity contribution in [3.05, 3.63) is 47.3 Å². The molecule has 2 heterocycles. The minimum atomic E-state index is -3.43. The summed E-state index contributed by atoms with van der Waals surface area (Å²) in [5.74, 6) is 0.608. The number of ether oxygens (including phenoxy) is 1. The molecule has 0 unspecified atom stereocenters. The molecule has 6 nitrogen and oxygen atoms in total. The van der Waals surface area contributed by atoms with Crippen molar-refractivity contribution < 1.29 is 17.9 Å². The Hall–Kier alpha value is -1.90. The number of thiophene rings is 1. The second-order valence-electron chi connectivity index (χ2n) is 6.41. The van der Waals surface area contributed by atoms with Crippen molar-refractivity contribution >= 4 is 27.3 Å². The van der Waals surface area contributed by atoms with Gasteiger partial charge in [-0.3, -0.25) is 4.79 Å². The number of hydrogen-bond donors (Lipinski definition) is 1. The van der Waals surface area contributed by atoms with Crippen molar-refractivity contribution in [2.24, 2.45) is 5.92 Å². The zero-order valence-corrected chi connectivity index (χ0v) is 16.9. The summed E-state index contributed by atoms with van der Waals surface area (Å²) in [6, 6.07) is 11.0. The molecule has 0 bridgehead atoms. The number of carbonyl (C=O) groups excluding carboxylic acids is 1. The second-order valence-corrected chi connectivity index (χ2v) is 9.52. The number of piperidine rings is 1. The van der Waals surface area contributed by atoms with Crippen LogP contribution in [0.25, 0.3) is 0 Å². The average Bonchev–Trinajstić information content (AvgIpc) is 3.22. The lowest BCUT2D eigenvalue weighted by Gasteiger charge is -2.30. The molecule has 3 rings (SSSR count). The van der Waals surface area contributed by atoms with E-state index >= 15 is 0 Å². The molecular formula is C19H24N2O4S2. The molecule has 1 N–H and O–H groups in total. The van der Waals surface area contributed by atoms with Gasteiger partial charge in [0.1, 0.15) is 9.96 Å². The smallest absolute Gasteiger partial charge is 0.252 e. The molecule has 0 radical (unpaired) electrons. The first-order valence-corrected chi connectivity index (χ1v) is 11.4. The number of nitrogens with one attached hydrogen (secondary N) is 1. The van der Waals surface area contributed by atoms with Gasteiger partial charge in [-0.2, -0.15) is 4.31 Å². The molecule has 1 saturated heterocycles. The first-order chi connectivity index (χ1) is 13.0. The van der Waals surface area contributed by atoms with Gasteiger partial charge in [0.05, 0.1) is 6.61 Å². The third kappa shape index (κ3) is 4.88. The van der Waals surface area contributed by atoms with Crippen LogP contribution in [0.2, 0.25) is 0 Å². The first kappa shape index (κ1) is 19.9. The Morgan fingerprint density at radius 3 is 2.70 bits per heavy atom. The van der Waals surface area contributed by atoms with Gasteiger partial charge in [0.25, 0.3) is 10.0 Å². The van der Waals surface area contributed by atoms with Crippen LogP contribution in [-0.4, -0.2) is 38.3 Å². The maximum Gasteiger partial charge on any atom is 0.252 e. The zero-order chi connectivity index (χ0) is 19.3. The summed E-state index contributed by atoms with van der Waals surface area (Å²) < 4.78 is 32.4.